The highest BCUT2D eigenvalue weighted by Gasteiger charge is 2.36. The normalized spacial score (nSPS) is 22.9. The fourth-order valence-corrected chi connectivity index (χ4v) is 2.83. The summed E-state index contributed by atoms with van der Waals surface area (Å²) in [5, 5.41) is 18.4. The Morgan fingerprint density at radius 1 is 1.42 bits per heavy atom. The van der Waals surface area contributed by atoms with E-state index in [1.165, 1.54) is 0 Å². The molecule has 0 aliphatic carbocycles. The average Bonchev–Trinajstić information content (AvgIpc) is 2.80. The number of rotatable bonds is 2. The summed E-state index contributed by atoms with van der Waals surface area (Å²) in [6, 6.07) is 7.78. The Morgan fingerprint density at radius 2 is 2.21 bits per heavy atom. The molecule has 2 aromatic rings. The average molecular weight is 257 g/mol. The number of benzene rings is 1. The number of hydrogen-bond donors (Lipinski definition) is 1. The maximum absolute atomic E-state index is 11.2. The summed E-state index contributed by atoms with van der Waals surface area (Å²) >= 11 is 0. The fourth-order valence-electron chi connectivity index (χ4n) is 2.83. The van der Waals surface area contributed by atoms with Gasteiger partial charge in [0.2, 0.25) is 0 Å². The second-order valence-corrected chi connectivity index (χ2v) is 4.91. The molecule has 0 spiro atoms. The summed E-state index contributed by atoms with van der Waals surface area (Å²) in [5.74, 6) is -1.03. The molecule has 2 unspecified atom stereocenters. The lowest BCUT2D eigenvalue weighted by molar-refractivity contribution is -0.141. The maximum Gasteiger partial charge on any atom is 0.308 e. The minimum Gasteiger partial charge on any atom is -0.481 e. The van der Waals surface area contributed by atoms with E-state index >= 15 is 0 Å². The molecule has 98 valence electrons. The third-order valence-corrected chi connectivity index (χ3v) is 3.91. The van der Waals surface area contributed by atoms with Gasteiger partial charge in [-0.1, -0.05) is 18.2 Å². The summed E-state index contributed by atoms with van der Waals surface area (Å²) in [6.07, 6.45) is 2.40. The zero-order valence-electron chi connectivity index (χ0n) is 10.7. The van der Waals surface area contributed by atoms with Gasteiger partial charge in [0.1, 0.15) is 0 Å². The first-order chi connectivity index (χ1) is 9.18. The Morgan fingerprint density at radius 3 is 2.95 bits per heavy atom. The molecule has 1 aliphatic heterocycles. The molecule has 2 atom stereocenters. The Bertz CT molecular complexity index is 624. The van der Waals surface area contributed by atoms with Crippen LogP contribution in [0.2, 0.25) is 0 Å². The number of carboxylic acids is 1. The molecule has 0 bridgehead atoms. The zero-order chi connectivity index (χ0) is 13.4. The van der Waals surface area contributed by atoms with Gasteiger partial charge in [0.25, 0.3) is 0 Å². The predicted octanol–water partition coefficient (Wildman–Crippen LogP) is 1.93. The molecule has 1 saturated heterocycles. The lowest BCUT2D eigenvalue weighted by Crippen LogP contribution is -2.33. The summed E-state index contributed by atoms with van der Waals surface area (Å²) < 4.78 is 0. The summed E-state index contributed by atoms with van der Waals surface area (Å²) in [7, 11) is 0. The third-order valence-electron chi connectivity index (χ3n) is 3.91. The molecule has 0 saturated carbocycles. The first-order valence-corrected chi connectivity index (χ1v) is 6.38. The number of carbonyl (C=O) groups is 1. The van der Waals surface area contributed by atoms with Gasteiger partial charge in [-0.3, -0.25) is 4.79 Å². The van der Waals surface area contributed by atoms with Gasteiger partial charge in [-0.05, 0) is 19.4 Å². The molecule has 1 aromatic heterocycles. The molecule has 3 rings (SSSR count). The van der Waals surface area contributed by atoms with Crippen LogP contribution in [0.3, 0.4) is 0 Å². The van der Waals surface area contributed by atoms with Crippen LogP contribution in [0, 0.1) is 5.92 Å². The quantitative estimate of drug-likeness (QED) is 0.890. The second kappa shape index (κ2) is 4.50. The first-order valence-electron chi connectivity index (χ1n) is 6.38. The van der Waals surface area contributed by atoms with Gasteiger partial charge >= 0.3 is 5.97 Å². The van der Waals surface area contributed by atoms with E-state index in [1.54, 1.807) is 6.20 Å². The molecule has 5 heteroatoms. The van der Waals surface area contributed by atoms with Crippen molar-refractivity contribution in [3.63, 3.8) is 0 Å². The van der Waals surface area contributed by atoms with Crippen LogP contribution in [0.1, 0.15) is 13.3 Å². The van der Waals surface area contributed by atoms with Gasteiger partial charge in [0.05, 0.1) is 23.3 Å². The number of aromatic nitrogens is 2. The number of carboxylic acid groups (broad SMARTS) is 1. The molecule has 19 heavy (non-hydrogen) atoms. The van der Waals surface area contributed by atoms with E-state index in [-0.39, 0.29) is 12.0 Å². The molecular weight excluding hydrogens is 242 g/mol. The van der Waals surface area contributed by atoms with Crippen molar-refractivity contribution in [3.8, 4) is 0 Å². The van der Waals surface area contributed by atoms with Crippen LogP contribution in [-0.4, -0.2) is 33.9 Å². The van der Waals surface area contributed by atoms with E-state index in [1.807, 2.05) is 31.2 Å². The van der Waals surface area contributed by atoms with Crippen molar-refractivity contribution >= 4 is 22.6 Å². The van der Waals surface area contributed by atoms with Crippen molar-refractivity contribution in [2.75, 3.05) is 11.4 Å². The Hall–Kier alpha value is -2.17. The topological polar surface area (TPSA) is 66.3 Å². The van der Waals surface area contributed by atoms with Gasteiger partial charge in [-0.2, -0.15) is 10.2 Å². The van der Waals surface area contributed by atoms with Crippen LogP contribution in [0.4, 0.5) is 5.69 Å². The molecule has 0 amide bonds. The molecule has 0 radical (unpaired) electrons. The van der Waals surface area contributed by atoms with Crippen LogP contribution in [-0.2, 0) is 4.79 Å². The standard InChI is InChI=1S/C14H15N3O2/c1-9-10(14(18)19)6-7-17(9)13-8-15-16-12-5-3-2-4-11(12)13/h2-5,8-10H,6-7H2,1H3,(H,18,19). The largest absolute Gasteiger partial charge is 0.481 e. The van der Waals surface area contributed by atoms with Crippen molar-refractivity contribution in [2.24, 2.45) is 5.92 Å². The van der Waals surface area contributed by atoms with E-state index in [2.05, 4.69) is 15.1 Å². The Balaban J connectivity index is 2.04. The number of anilines is 1. The van der Waals surface area contributed by atoms with Crippen LogP contribution < -0.4 is 4.90 Å². The van der Waals surface area contributed by atoms with Crippen molar-refractivity contribution in [3.05, 3.63) is 30.5 Å². The van der Waals surface area contributed by atoms with E-state index in [9.17, 15) is 9.90 Å². The van der Waals surface area contributed by atoms with Gasteiger partial charge in [0, 0.05) is 18.0 Å². The van der Waals surface area contributed by atoms with Crippen molar-refractivity contribution in [1.82, 2.24) is 10.2 Å². The van der Waals surface area contributed by atoms with Crippen LogP contribution in [0.15, 0.2) is 30.5 Å². The monoisotopic (exact) mass is 257 g/mol. The van der Waals surface area contributed by atoms with Crippen LogP contribution >= 0.6 is 0 Å². The Labute approximate surface area is 110 Å². The molecule has 1 N–H and O–H groups in total. The molecular formula is C14H15N3O2. The molecule has 1 fully saturated rings. The second-order valence-electron chi connectivity index (χ2n) is 4.91. The summed E-state index contributed by atoms with van der Waals surface area (Å²) in [6.45, 7) is 2.70. The van der Waals surface area contributed by atoms with Gasteiger partial charge < -0.3 is 10.0 Å². The SMILES string of the molecule is CC1C(C(=O)O)CCN1c1cnnc2ccccc12. The summed E-state index contributed by atoms with van der Waals surface area (Å²) in [4.78, 5) is 13.3. The first kappa shape index (κ1) is 11.9. The number of nitrogens with zero attached hydrogens (tertiary/aromatic N) is 3. The zero-order valence-corrected chi connectivity index (χ0v) is 10.7. The van der Waals surface area contributed by atoms with Gasteiger partial charge in [-0.25, -0.2) is 0 Å². The highest BCUT2D eigenvalue weighted by atomic mass is 16.4. The number of hydrogen-bond acceptors (Lipinski definition) is 4. The van der Waals surface area contributed by atoms with Crippen molar-refractivity contribution < 1.29 is 9.90 Å². The predicted molar refractivity (Wildman–Crippen MR) is 72.1 cm³/mol. The van der Waals surface area contributed by atoms with Gasteiger partial charge in [-0.15, -0.1) is 0 Å². The molecule has 5 nitrogen and oxygen atoms in total. The fraction of sp³-hybridized carbons (Fsp3) is 0.357. The maximum atomic E-state index is 11.2. The lowest BCUT2D eigenvalue weighted by atomic mass is 10.0. The minimum atomic E-state index is -0.721. The highest BCUT2D eigenvalue weighted by molar-refractivity contribution is 5.91. The van der Waals surface area contributed by atoms with E-state index < -0.39 is 5.97 Å². The highest BCUT2D eigenvalue weighted by Crippen LogP contribution is 2.33. The Kier molecular flexibility index (Phi) is 2.81. The van der Waals surface area contributed by atoms with Crippen LogP contribution in [0.5, 0.6) is 0 Å². The molecule has 2 heterocycles. The minimum absolute atomic E-state index is 0.0230. The van der Waals surface area contributed by atoms with E-state index in [4.69, 9.17) is 0 Å². The smallest absolute Gasteiger partial charge is 0.308 e. The summed E-state index contributed by atoms with van der Waals surface area (Å²) in [5.41, 5.74) is 1.81. The molecule has 1 aromatic carbocycles. The van der Waals surface area contributed by atoms with Gasteiger partial charge in [0.15, 0.2) is 0 Å². The number of fused-ring (bicyclic) bond motifs is 1. The molecule has 1 aliphatic rings. The number of aliphatic carboxylic acids is 1. The van der Waals surface area contributed by atoms with Crippen LogP contribution in [0.25, 0.3) is 10.9 Å². The van der Waals surface area contributed by atoms with E-state index in [0.29, 0.717) is 6.42 Å². The third kappa shape index (κ3) is 1.91. The van der Waals surface area contributed by atoms with Crippen molar-refractivity contribution in [1.29, 1.82) is 0 Å². The van der Waals surface area contributed by atoms with E-state index in [0.717, 1.165) is 23.1 Å². The van der Waals surface area contributed by atoms with Crippen molar-refractivity contribution in [2.45, 2.75) is 19.4 Å². The lowest BCUT2D eigenvalue weighted by Gasteiger charge is -2.26.